The second kappa shape index (κ2) is 6.95. The lowest BCUT2D eigenvalue weighted by atomic mass is 10.3. The van der Waals surface area contributed by atoms with Gasteiger partial charge < -0.3 is 15.6 Å². The van der Waals surface area contributed by atoms with Gasteiger partial charge >= 0.3 is 0 Å². The zero-order valence-corrected chi connectivity index (χ0v) is 9.87. The highest BCUT2D eigenvalue weighted by atomic mass is 32.1. The lowest BCUT2D eigenvalue weighted by Gasteiger charge is -2.04. The third-order valence-corrected chi connectivity index (χ3v) is 2.20. The molecule has 5 nitrogen and oxygen atoms in total. The summed E-state index contributed by atoms with van der Waals surface area (Å²) in [7, 11) is 0. The topological polar surface area (TPSA) is 72.9 Å². The van der Waals surface area contributed by atoms with E-state index in [2.05, 4.69) is 22.5 Å². The first kappa shape index (κ1) is 12.6. The number of amides is 1. The van der Waals surface area contributed by atoms with Gasteiger partial charge in [-0.3, -0.25) is 4.79 Å². The maximum atomic E-state index is 11.2. The number of nitrogens with zero attached hydrogens (tertiary/aromatic N) is 2. The summed E-state index contributed by atoms with van der Waals surface area (Å²) in [6.07, 6.45) is 7.53. The second-order valence-corrected chi connectivity index (χ2v) is 4.03. The molecule has 0 unspecified atom stereocenters. The van der Waals surface area contributed by atoms with Crippen molar-refractivity contribution in [3.63, 3.8) is 0 Å². The van der Waals surface area contributed by atoms with Crippen LogP contribution in [-0.4, -0.2) is 27.0 Å². The number of aromatic nitrogens is 2. The Labute approximate surface area is 100 Å². The molecule has 0 aliphatic rings. The predicted octanol–water partition coefficient (Wildman–Crippen LogP) is 0.456. The smallest absolute Gasteiger partial charge is 0.226 e. The molecule has 0 fully saturated rings. The highest BCUT2D eigenvalue weighted by Gasteiger charge is 2.01. The van der Waals surface area contributed by atoms with Crippen LogP contribution in [-0.2, 0) is 11.3 Å². The van der Waals surface area contributed by atoms with Crippen LogP contribution in [0.3, 0.4) is 0 Å². The fourth-order valence-corrected chi connectivity index (χ4v) is 1.42. The van der Waals surface area contributed by atoms with Gasteiger partial charge in [-0.05, 0) is 12.8 Å². The third kappa shape index (κ3) is 5.45. The minimum Gasteiger partial charge on any atom is -0.393 e. The zero-order valence-electron chi connectivity index (χ0n) is 9.06. The molecule has 1 rings (SSSR count). The van der Waals surface area contributed by atoms with Crippen LogP contribution < -0.4 is 11.1 Å². The summed E-state index contributed by atoms with van der Waals surface area (Å²) in [5, 5.41) is 2.76. The van der Waals surface area contributed by atoms with Crippen molar-refractivity contribution in [2.75, 3.05) is 6.54 Å². The molecule has 0 spiro atoms. The molecule has 0 bridgehead atoms. The SMILES string of the molecule is NC(=S)CC(=O)NCCCCn1ccnc1. The quantitative estimate of drug-likeness (QED) is 0.536. The van der Waals surface area contributed by atoms with E-state index < -0.39 is 0 Å². The second-order valence-electron chi connectivity index (χ2n) is 3.50. The molecule has 0 aromatic carbocycles. The Hall–Kier alpha value is -1.43. The van der Waals surface area contributed by atoms with Crippen LogP contribution in [0, 0.1) is 0 Å². The van der Waals surface area contributed by atoms with Crippen molar-refractivity contribution in [3.05, 3.63) is 18.7 Å². The first-order valence-electron chi connectivity index (χ1n) is 5.19. The molecule has 16 heavy (non-hydrogen) atoms. The van der Waals surface area contributed by atoms with Crippen molar-refractivity contribution in [1.29, 1.82) is 0 Å². The van der Waals surface area contributed by atoms with E-state index in [-0.39, 0.29) is 17.3 Å². The lowest BCUT2D eigenvalue weighted by molar-refractivity contribution is -0.119. The molecular weight excluding hydrogens is 224 g/mol. The highest BCUT2D eigenvalue weighted by molar-refractivity contribution is 7.80. The van der Waals surface area contributed by atoms with Crippen molar-refractivity contribution in [2.45, 2.75) is 25.8 Å². The van der Waals surface area contributed by atoms with Gasteiger partial charge in [0.25, 0.3) is 0 Å². The molecule has 6 heteroatoms. The number of nitrogens with two attached hydrogens (primary N) is 1. The molecule has 0 saturated carbocycles. The number of aryl methyl sites for hydroxylation is 1. The maximum Gasteiger partial charge on any atom is 0.226 e. The molecule has 0 radical (unpaired) electrons. The number of rotatable bonds is 7. The standard InChI is InChI=1S/C10H16N4OS/c11-9(16)7-10(15)13-3-1-2-5-14-6-4-12-8-14/h4,6,8H,1-3,5,7H2,(H2,11,16)(H,13,15). The highest BCUT2D eigenvalue weighted by Crippen LogP contribution is 1.94. The van der Waals surface area contributed by atoms with E-state index in [9.17, 15) is 4.79 Å². The van der Waals surface area contributed by atoms with Crippen LogP contribution in [0.15, 0.2) is 18.7 Å². The van der Waals surface area contributed by atoms with Crippen LogP contribution in [0.2, 0.25) is 0 Å². The summed E-state index contributed by atoms with van der Waals surface area (Å²) < 4.78 is 2.01. The molecule has 0 aliphatic heterocycles. The van der Waals surface area contributed by atoms with Crippen molar-refractivity contribution < 1.29 is 4.79 Å². The molecule has 1 amide bonds. The van der Waals surface area contributed by atoms with Gasteiger partial charge in [0.1, 0.15) is 0 Å². The minimum atomic E-state index is -0.102. The molecule has 88 valence electrons. The van der Waals surface area contributed by atoms with Crippen molar-refractivity contribution in [3.8, 4) is 0 Å². The fraction of sp³-hybridized carbons (Fsp3) is 0.500. The van der Waals surface area contributed by atoms with Gasteiger partial charge in [0.2, 0.25) is 5.91 Å². The number of hydrogen-bond acceptors (Lipinski definition) is 3. The van der Waals surface area contributed by atoms with Gasteiger partial charge in [0, 0.05) is 25.5 Å². The Morgan fingerprint density at radius 2 is 2.31 bits per heavy atom. The molecule has 1 heterocycles. The predicted molar refractivity (Wildman–Crippen MR) is 65.9 cm³/mol. The molecule has 0 aliphatic carbocycles. The molecule has 3 N–H and O–H groups in total. The van der Waals surface area contributed by atoms with Gasteiger partial charge in [0.15, 0.2) is 0 Å². The number of hydrogen-bond donors (Lipinski definition) is 2. The first-order chi connectivity index (χ1) is 7.68. The number of imidazole rings is 1. The summed E-state index contributed by atoms with van der Waals surface area (Å²) in [6.45, 7) is 1.58. The van der Waals surface area contributed by atoms with Crippen molar-refractivity contribution in [2.24, 2.45) is 5.73 Å². The average Bonchev–Trinajstić information content (AvgIpc) is 2.68. The Balaban J connectivity index is 2.00. The number of thiocarbonyl (C=S) groups is 1. The van der Waals surface area contributed by atoms with Crippen LogP contribution in [0.1, 0.15) is 19.3 Å². The maximum absolute atomic E-state index is 11.2. The summed E-state index contributed by atoms with van der Waals surface area (Å²) in [4.78, 5) is 15.3. The monoisotopic (exact) mass is 240 g/mol. The number of unbranched alkanes of at least 4 members (excludes halogenated alkanes) is 1. The summed E-state index contributed by atoms with van der Waals surface area (Å²) in [5.41, 5.74) is 5.25. The molecule has 0 saturated heterocycles. The van der Waals surface area contributed by atoms with Gasteiger partial charge in [-0.2, -0.15) is 0 Å². The van der Waals surface area contributed by atoms with Gasteiger partial charge in [-0.1, -0.05) is 12.2 Å². The normalized spacial score (nSPS) is 10.0. The zero-order chi connectivity index (χ0) is 11.8. The Kier molecular flexibility index (Phi) is 5.49. The van der Waals surface area contributed by atoms with Crippen LogP contribution in [0.4, 0.5) is 0 Å². The Morgan fingerprint density at radius 1 is 1.50 bits per heavy atom. The van der Waals surface area contributed by atoms with E-state index >= 15 is 0 Å². The van der Waals surface area contributed by atoms with Crippen LogP contribution in [0.25, 0.3) is 0 Å². The Bertz CT molecular complexity index is 337. The van der Waals surface area contributed by atoms with E-state index in [0.717, 1.165) is 19.4 Å². The van der Waals surface area contributed by atoms with E-state index in [1.54, 1.807) is 12.5 Å². The van der Waals surface area contributed by atoms with E-state index in [1.807, 2.05) is 10.8 Å². The summed E-state index contributed by atoms with van der Waals surface area (Å²) >= 11 is 4.63. The van der Waals surface area contributed by atoms with Crippen LogP contribution >= 0.6 is 12.2 Å². The average molecular weight is 240 g/mol. The first-order valence-corrected chi connectivity index (χ1v) is 5.60. The van der Waals surface area contributed by atoms with E-state index in [1.165, 1.54) is 0 Å². The Morgan fingerprint density at radius 3 is 2.94 bits per heavy atom. The lowest BCUT2D eigenvalue weighted by Crippen LogP contribution is -2.28. The number of carbonyl (C=O) groups excluding carboxylic acids is 1. The summed E-state index contributed by atoms with van der Waals surface area (Å²) in [6, 6.07) is 0. The summed E-state index contributed by atoms with van der Waals surface area (Å²) in [5.74, 6) is -0.102. The van der Waals surface area contributed by atoms with Crippen molar-refractivity contribution >= 4 is 23.1 Å². The molecule has 0 atom stereocenters. The van der Waals surface area contributed by atoms with E-state index in [4.69, 9.17) is 5.73 Å². The van der Waals surface area contributed by atoms with Gasteiger partial charge in [0.05, 0.1) is 17.7 Å². The van der Waals surface area contributed by atoms with Gasteiger partial charge in [-0.25, -0.2) is 4.98 Å². The molecular formula is C10H16N4OS. The van der Waals surface area contributed by atoms with Gasteiger partial charge in [-0.15, -0.1) is 0 Å². The van der Waals surface area contributed by atoms with Crippen LogP contribution in [0.5, 0.6) is 0 Å². The van der Waals surface area contributed by atoms with E-state index in [0.29, 0.717) is 6.54 Å². The van der Waals surface area contributed by atoms with Crippen molar-refractivity contribution in [1.82, 2.24) is 14.9 Å². The number of carbonyl (C=O) groups is 1. The largest absolute Gasteiger partial charge is 0.393 e. The minimum absolute atomic E-state index is 0.102. The fourth-order valence-electron chi connectivity index (χ4n) is 1.29. The molecule has 1 aromatic heterocycles. The third-order valence-electron chi connectivity index (χ3n) is 2.06. The molecule has 1 aromatic rings. The number of nitrogens with one attached hydrogen (secondary N) is 1.